The van der Waals surface area contributed by atoms with E-state index in [4.69, 9.17) is 9.72 Å². The molecule has 2 amide bonds. The lowest BCUT2D eigenvalue weighted by atomic mass is 9.79. The highest BCUT2D eigenvalue weighted by Crippen LogP contribution is 2.44. The number of methoxy groups -OCH3 is 1. The molecular weight excluding hydrogens is 438 g/mol. The molecule has 0 spiro atoms. The maximum Gasteiger partial charge on any atom is 0.257 e. The van der Waals surface area contributed by atoms with Gasteiger partial charge < -0.3 is 15.0 Å². The van der Waals surface area contributed by atoms with Crippen molar-refractivity contribution < 1.29 is 14.3 Å². The molecule has 1 fully saturated rings. The van der Waals surface area contributed by atoms with Gasteiger partial charge in [0.1, 0.15) is 11.3 Å². The topological polar surface area (TPSA) is 71.5 Å². The molecule has 1 N–H and O–H groups in total. The predicted molar refractivity (Wildman–Crippen MR) is 137 cm³/mol. The zero-order chi connectivity index (χ0) is 24.8. The molecule has 0 unspecified atom stereocenters. The van der Waals surface area contributed by atoms with Crippen LogP contribution in [0, 0.1) is 0 Å². The van der Waals surface area contributed by atoms with Crippen LogP contribution in [-0.4, -0.2) is 39.9 Å². The van der Waals surface area contributed by atoms with Gasteiger partial charge in [-0.1, -0.05) is 49.6 Å². The third-order valence-corrected chi connectivity index (χ3v) is 7.20. The van der Waals surface area contributed by atoms with Gasteiger partial charge in [-0.25, -0.2) is 0 Å². The number of hydrogen-bond donors (Lipinski definition) is 1. The van der Waals surface area contributed by atoms with Gasteiger partial charge in [0.2, 0.25) is 5.91 Å². The van der Waals surface area contributed by atoms with E-state index in [9.17, 15) is 9.59 Å². The lowest BCUT2D eigenvalue weighted by Gasteiger charge is -2.44. The Morgan fingerprint density at radius 3 is 2.40 bits per heavy atom. The number of aromatic nitrogens is 1. The molecule has 2 aromatic carbocycles. The van der Waals surface area contributed by atoms with E-state index < -0.39 is 5.54 Å². The number of pyridine rings is 1. The van der Waals surface area contributed by atoms with Crippen molar-refractivity contribution in [2.24, 2.45) is 0 Å². The van der Waals surface area contributed by atoms with E-state index in [1.54, 1.807) is 7.11 Å². The van der Waals surface area contributed by atoms with Crippen molar-refractivity contribution in [3.8, 4) is 16.9 Å². The average Bonchev–Trinajstić information content (AvgIpc) is 3.18. The number of carbonyl (C=O) groups is 2. The Balaban J connectivity index is 1.69. The molecule has 2 heterocycles. The van der Waals surface area contributed by atoms with Crippen molar-refractivity contribution in [3.63, 3.8) is 0 Å². The summed E-state index contributed by atoms with van der Waals surface area (Å²) in [6.07, 6.45) is 4.27. The van der Waals surface area contributed by atoms with Gasteiger partial charge in [0, 0.05) is 16.5 Å². The van der Waals surface area contributed by atoms with Crippen molar-refractivity contribution in [2.45, 2.75) is 70.5 Å². The number of rotatable bonds is 4. The summed E-state index contributed by atoms with van der Waals surface area (Å²) in [5.41, 5.74) is 2.73. The maximum absolute atomic E-state index is 14.2. The van der Waals surface area contributed by atoms with E-state index in [-0.39, 0.29) is 17.4 Å². The van der Waals surface area contributed by atoms with Gasteiger partial charge in [-0.2, -0.15) is 0 Å². The van der Waals surface area contributed by atoms with Crippen molar-refractivity contribution >= 4 is 22.7 Å². The fourth-order valence-electron chi connectivity index (χ4n) is 5.58. The lowest BCUT2D eigenvalue weighted by molar-refractivity contribution is -0.136. The first-order valence-corrected chi connectivity index (χ1v) is 12.4. The molecule has 0 bridgehead atoms. The third kappa shape index (κ3) is 4.05. The highest BCUT2D eigenvalue weighted by atomic mass is 16.5. The van der Waals surface area contributed by atoms with Crippen LogP contribution in [0.5, 0.6) is 5.75 Å². The summed E-state index contributed by atoms with van der Waals surface area (Å²) in [7, 11) is 1.64. The van der Waals surface area contributed by atoms with Gasteiger partial charge in [0.05, 0.1) is 30.4 Å². The second kappa shape index (κ2) is 8.67. The molecule has 0 radical (unpaired) electrons. The fourth-order valence-corrected chi connectivity index (χ4v) is 5.58. The standard InChI is InChI=1S/C29H33N3O3/c1-28(2,3)31-27(34)29(15-9-6-10-16-29)32-18-23-25(26(32)33)24(19-11-7-5-8-12-19)21-17-20(35-4)13-14-22(21)30-23/h5,7-8,11-14,17H,6,9-10,15-16,18H2,1-4H3,(H,31,34). The van der Waals surface area contributed by atoms with E-state index in [1.165, 1.54) is 0 Å². The van der Waals surface area contributed by atoms with E-state index in [0.29, 0.717) is 30.7 Å². The van der Waals surface area contributed by atoms with E-state index in [2.05, 4.69) is 5.32 Å². The first kappa shape index (κ1) is 23.3. The number of fused-ring (bicyclic) bond motifs is 2. The predicted octanol–water partition coefficient (Wildman–Crippen LogP) is 5.48. The minimum Gasteiger partial charge on any atom is -0.497 e. The third-order valence-electron chi connectivity index (χ3n) is 7.20. The van der Waals surface area contributed by atoms with Crippen molar-refractivity contribution in [2.75, 3.05) is 7.11 Å². The highest BCUT2D eigenvalue weighted by Gasteiger charge is 2.51. The summed E-state index contributed by atoms with van der Waals surface area (Å²) in [6.45, 7) is 6.29. The van der Waals surface area contributed by atoms with E-state index >= 15 is 0 Å². The molecule has 5 rings (SSSR count). The summed E-state index contributed by atoms with van der Waals surface area (Å²) in [4.78, 5) is 34.7. The van der Waals surface area contributed by atoms with Crippen molar-refractivity contribution in [1.82, 2.24) is 15.2 Å². The Labute approximate surface area is 206 Å². The number of amides is 2. The molecule has 0 atom stereocenters. The molecule has 1 saturated carbocycles. The fraction of sp³-hybridized carbons (Fsp3) is 0.414. The minimum atomic E-state index is -0.860. The SMILES string of the molecule is COc1ccc2nc3c(c(-c4ccccc4)c2c1)C(=O)N(C1(C(=O)NC(C)(C)C)CCCCC1)C3. The first-order chi connectivity index (χ1) is 16.7. The van der Waals surface area contributed by atoms with Crippen LogP contribution in [0.25, 0.3) is 22.0 Å². The van der Waals surface area contributed by atoms with Crippen LogP contribution in [0.4, 0.5) is 0 Å². The van der Waals surface area contributed by atoms with Crippen molar-refractivity contribution in [3.05, 3.63) is 59.8 Å². The van der Waals surface area contributed by atoms with Crippen LogP contribution < -0.4 is 10.1 Å². The minimum absolute atomic E-state index is 0.0571. The summed E-state index contributed by atoms with van der Waals surface area (Å²) < 4.78 is 5.49. The molecule has 6 nitrogen and oxygen atoms in total. The van der Waals surface area contributed by atoms with E-state index in [0.717, 1.165) is 47.0 Å². The second-order valence-corrected chi connectivity index (χ2v) is 10.7. The number of hydrogen-bond acceptors (Lipinski definition) is 4. The Hall–Kier alpha value is -3.41. The summed E-state index contributed by atoms with van der Waals surface area (Å²) in [5, 5.41) is 4.05. The molecule has 1 aliphatic heterocycles. The molecular formula is C29H33N3O3. The second-order valence-electron chi connectivity index (χ2n) is 10.7. The van der Waals surface area contributed by atoms with Gasteiger partial charge in [-0.05, 0) is 57.4 Å². The van der Waals surface area contributed by atoms with Gasteiger partial charge in [-0.15, -0.1) is 0 Å². The molecule has 182 valence electrons. The monoisotopic (exact) mass is 471 g/mol. The summed E-state index contributed by atoms with van der Waals surface area (Å²) in [6, 6.07) is 15.7. The maximum atomic E-state index is 14.2. The summed E-state index contributed by atoms with van der Waals surface area (Å²) in [5.74, 6) is 0.549. The highest BCUT2D eigenvalue weighted by molar-refractivity contribution is 6.12. The Bertz CT molecular complexity index is 1290. The normalized spacial score (nSPS) is 17.4. The zero-order valence-corrected chi connectivity index (χ0v) is 21.0. The lowest BCUT2D eigenvalue weighted by Crippen LogP contribution is -2.62. The first-order valence-electron chi connectivity index (χ1n) is 12.4. The van der Waals surface area contributed by atoms with Gasteiger partial charge >= 0.3 is 0 Å². The van der Waals surface area contributed by atoms with Gasteiger partial charge in [0.15, 0.2) is 0 Å². The Morgan fingerprint density at radius 1 is 1.03 bits per heavy atom. The van der Waals surface area contributed by atoms with Crippen LogP contribution in [0.1, 0.15) is 68.9 Å². The van der Waals surface area contributed by atoms with Crippen LogP contribution >= 0.6 is 0 Å². The van der Waals surface area contributed by atoms with Crippen LogP contribution in [0.3, 0.4) is 0 Å². The molecule has 3 aromatic rings. The molecule has 1 aliphatic carbocycles. The number of ether oxygens (including phenoxy) is 1. The molecule has 2 aliphatic rings. The van der Waals surface area contributed by atoms with Gasteiger partial charge in [0.25, 0.3) is 5.91 Å². The van der Waals surface area contributed by atoms with Crippen molar-refractivity contribution in [1.29, 1.82) is 0 Å². The molecule has 0 saturated heterocycles. The van der Waals surface area contributed by atoms with Crippen LogP contribution in [-0.2, 0) is 11.3 Å². The number of benzene rings is 2. The number of nitrogens with one attached hydrogen (secondary N) is 1. The molecule has 35 heavy (non-hydrogen) atoms. The number of carbonyl (C=O) groups excluding carboxylic acids is 2. The molecule has 1 aromatic heterocycles. The van der Waals surface area contributed by atoms with Gasteiger partial charge in [-0.3, -0.25) is 14.6 Å². The largest absolute Gasteiger partial charge is 0.497 e. The quantitative estimate of drug-likeness (QED) is 0.547. The van der Waals surface area contributed by atoms with Crippen LogP contribution in [0.15, 0.2) is 48.5 Å². The number of nitrogens with zero attached hydrogens (tertiary/aromatic N) is 2. The molecule has 6 heteroatoms. The van der Waals surface area contributed by atoms with E-state index in [1.807, 2.05) is 74.2 Å². The average molecular weight is 472 g/mol. The Kier molecular flexibility index (Phi) is 5.78. The zero-order valence-electron chi connectivity index (χ0n) is 21.0. The Morgan fingerprint density at radius 2 is 1.74 bits per heavy atom. The smallest absolute Gasteiger partial charge is 0.257 e. The summed E-state index contributed by atoms with van der Waals surface area (Å²) >= 11 is 0. The van der Waals surface area contributed by atoms with Crippen LogP contribution in [0.2, 0.25) is 0 Å².